The molecule has 0 heterocycles. The first-order chi connectivity index (χ1) is 9.52. The molecule has 0 aliphatic rings. The van der Waals surface area contributed by atoms with Gasteiger partial charge in [0.1, 0.15) is 0 Å². The maximum atomic E-state index is 11.5. The molecule has 0 aromatic heterocycles. The Morgan fingerprint density at radius 3 is 2.70 bits per heavy atom. The van der Waals surface area contributed by atoms with Gasteiger partial charge in [0.15, 0.2) is 0 Å². The summed E-state index contributed by atoms with van der Waals surface area (Å²) in [6.07, 6.45) is 3.13. The van der Waals surface area contributed by atoms with Gasteiger partial charge in [0.05, 0.1) is 23.1 Å². The van der Waals surface area contributed by atoms with Crippen LogP contribution in [0, 0.1) is 0 Å². The van der Waals surface area contributed by atoms with Crippen LogP contribution in [0.2, 0.25) is 10.0 Å². The van der Waals surface area contributed by atoms with Crippen molar-refractivity contribution in [3.05, 3.63) is 39.9 Å². The summed E-state index contributed by atoms with van der Waals surface area (Å²) in [5, 5.41) is 3.47. The van der Waals surface area contributed by atoms with Gasteiger partial charge in [0.2, 0.25) is 5.91 Å². The SMILES string of the molecule is CCOC(=O)CCNC(=O)C=Cc1ccc(Cl)c(Cl)c1. The minimum Gasteiger partial charge on any atom is -0.466 e. The van der Waals surface area contributed by atoms with Gasteiger partial charge in [-0.2, -0.15) is 0 Å². The highest BCUT2D eigenvalue weighted by Gasteiger charge is 2.02. The van der Waals surface area contributed by atoms with Crippen molar-refractivity contribution >= 4 is 41.2 Å². The number of halogens is 2. The first-order valence-corrected chi connectivity index (χ1v) is 6.85. The zero-order valence-electron chi connectivity index (χ0n) is 11.0. The number of rotatable bonds is 6. The molecule has 1 aromatic rings. The number of nitrogens with one attached hydrogen (secondary N) is 1. The molecule has 0 saturated carbocycles. The summed E-state index contributed by atoms with van der Waals surface area (Å²) in [5.74, 6) is -0.623. The van der Waals surface area contributed by atoms with Crippen molar-refractivity contribution in [3.63, 3.8) is 0 Å². The Labute approximate surface area is 127 Å². The smallest absolute Gasteiger partial charge is 0.307 e. The lowest BCUT2D eigenvalue weighted by Crippen LogP contribution is -2.24. The van der Waals surface area contributed by atoms with E-state index in [1.807, 2.05) is 0 Å². The van der Waals surface area contributed by atoms with Crippen LogP contribution >= 0.6 is 23.2 Å². The minimum atomic E-state index is -0.332. The third kappa shape index (κ3) is 6.08. The van der Waals surface area contributed by atoms with Crippen molar-refractivity contribution in [1.29, 1.82) is 0 Å². The molecule has 0 saturated heterocycles. The van der Waals surface area contributed by atoms with Crippen LogP contribution in [0.4, 0.5) is 0 Å². The topological polar surface area (TPSA) is 55.4 Å². The van der Waals surface area contributed by atoms with Crippen molar-refractivity contribution in [2.75, 3.05) is 13.2 Å². The van der Waals surface area contributed by atoms with Crippen molar-refractivity contribution in [2.24, 2.45) is 0 Å². The number of carbonyl (C=O) groups is 2. The molecule has 108 valence electrons. The quantitative estimate of drug-likeness (QED) is 0.648. The van der Waals surface area contributed by atoms with Crippen LogP contribution in [-0.2, 0) is 14.3 Å². The van der Waals surface area contributed by atoms with E-state index in [1.165, 1.54) is 6.08 Å². The third-order valence-corrected chi connectivity index (χ3v) is 3.04. The van der Waals surface area contributed by atoms with Gasteiger partial charge >= 0.3 is 5.97 Å². The molecule has 0 unspecified atom stereocenters. The van der Waals surface area contributed by atoms with E-state index in [1.54, 1.807) is 31.2 Å². The summed E-state index contributed by atoms with van der Waals surface area (Å²) in [7, 11) is 0. The van der Waals surface area contributed by atoms with Crippen LogP contribution in [0.5, 0.6) is 0 Å². The lowest BCUT2D eigenvalue weighted by molar-refractivity contribution is -0.142. The molecule has 1 aromatic carbocycles. The molecule has 0 radical (unpaired) electrons. The van der Waals surface area contributed by atoms with Crippen LogP contribution in [0.15, 0.2) is 24.3 Å². The molecule has 0 aliphatic heterocycles. The fraction of sp³-hybridized carbons (Fsp3) is 0.286. The predicted molar refractivity (Wildman–Crippen MR) is 79.8 cm³/mol. The lowest BCUT2D eigenvalue weighted by atomic mass is 10.2. The standard InChI is InChI=1S/C14H15Cl2NO3/c1-2-20-14(19)7-8-17-13(18)6-4-10-3-5-11(15)12(16)9-10/h3-6,9H,2,7-8H2,1H3,(H,17,18). The average Bonchev–Trinajstić information content (AvgIpc) is 2.40. The lowest BCUT2D eigenvalue weighted by Gasteiger charge is -2.02. The number of amides is 1. The highest BCUT2D eigenvalue weighted by molar-refractivity contribution is 6.42. The molecule has 1 N–H and O–H groups in total. The number of ether oxygens (including phenoxy) is 1. The molecule has 0 aliphatic carbocycles. The molecule has 1 rings (SSSR count). The van der Waals surface area contributed by atoms with E-state index < -0.39 is 0 Å². The predicted octanol–water partition coefficient (Wildman–Crippen LogP) is 3.08. The fourth-order valence-electron chi connectivity index (χ4n) is 1.37. The monoisotopic (exact) mass is 315 g/mol. The van der Waals surface area contributed by atoms with Crippen LogP contribution in [0.25, 0.3) is 6.08 Å². The van der Waals surface area contributed by atoms with Gasteiger partial charge in [-0.05, 0) is 30.7 Å². The maximum Gasteiger partial charge on any atom is 0.307 e. The summed E-state index contributed by atoms with van der Waals surface area (Å²) < 4.78 is 4.74. The molecular formula is C14H15Cl2NO3. The summed E-state index contributed by atoms with van der Waals surface area (Å²) in [4.78, 5) is 22.6. The molecule has 0 atom stereocenters. The highest BCUT2D eigenvalue weighted by Crippen LogP contribution is 2.22. The Bertz CT molecular complexity index is 515. The average molecular weight is 316 g/mol. The number of esters is 1. The van der Waals surface area contributed by atoms with Crippen LogP contribution < -0.4 is 5.32 Å². The van der Waals surface area contributed by atoms with Crippen molar-refractivity contribution < 1.29 is 14.3 Å². The van der Waals surface area contributed by atoms with Gasteiger partial charge in [-0.25, -0.2) is 0 Å². The van der Waals surface area contributed by atoms with E-state index in [4.69, 9.17) is 27.9 Å². The van der Waals surface area contributed by atoms with E-state index in [9.17, 15) is 9.59 Å². The summed E-state index contributed by atoms with van der Waals surface area (Å²) in [6, 6.07) is 5.06. The molecule has 0 bridgehead atoms. The minimum absolute atomic E-state index is 0.153. The number of hydrogen-bond acceptors (Lipinski definition) is 3. The number of hydrogen-bond donors (Lipinski definition) is 1. The molecule has 6 heteroatoms. The first-order valence-electron chi connectivity index (χ1n) is 6.09. The Kier molecular flexibility index (Phi) is 7.12. The van der Waals surface area contributed by atoms with Gasteiger partial charge in [-0.15, -0.1) is 0 Å². The Morgan fingerprint density at radius 1 is 1.30 bits per heavy atom. The largest absolute Gasteiger partial charge is 0.466 e. The van der Waals surface area contributed by atoms with Gasteiger partial charge in [0, 0.05) is 12.6 Å². The van der Waals surface area contributed by atoms with Crippen molar-refractivity contribution in [3.8, 4) is 0 Å². The first kappa shape index (κ1) is 16.5. The highest BCUT2D eigenvalue weighted by atomic mass is 35.5. The second-order valence-electron chi connectivity index (χ2n) is 3.85. The fourth-order valence-corrected chi connectivity index (χ4v) is 1.67. The molecule has 0 spiro atoms. The second kappa shape index (κ2) is 8.61. The van der Waals surface area contributed by atoms with E-state index in [-0.39, 0.29) is 24.8 Å². The Hall–Kier alpha value is -1.52. The van der Waals surface area contributed by atoms with E-state index in [0.717, 1.165) is 5.56 Å². The van der Waals surface area contributed by atoms with Crippen LogP contribution in [0.1, 0.15) is 18.9 Å². The van der Waals surface area contributed by atoms with Crippen molar-refractivity contribution in [1.82, 2.24) is 5.32 Å². The maximum absolute atomic E-state index is 11.5. The van der Waals surface area contributed by atoms with Gasteiger partial charge in [-0.3, -0.25) is 9.59 Å². The van der Waals surface area contributed by atoms with E-state index >= 15 is 0 Å². The zero-order chi connectivity index (χ0) is 15.0. The zero-order valence-corrected chi connectivity index (χ0v) is 12.5. The normalized spacial score (nSPS) is 10.6. The van der Waals surface area contributed by atoms with Gasteiger partial charge in [0.25, 0.3) is 0 Å². The molecular weight excluding hydrogens is 301 g/mol. The Balaban J connectivity index is 2.39. The van der Waals surface area contributed by atoms with Gasteiger partial charge in [-0.1, -0.05) is 29.3 Å². The molecule has 1 amide bonds. The summed E-state index contributed by atoms with van der Waals surface area (Å²) in [5.41, 5.74) is 0.764. The number of carbonyl (C=O) groups excluding carboxylic acids is 2. The van der Waals surface area contributed by atoms with Crippen LogP contribution in [-0.4, -0.2) is 25.0 Å². The van der Waals surface area contributed by atoms with Gasteiger partial charge < -0.3 is 10.1 Å². The molecule has 0 fully saturated rings. The summed E-state index contributed by atoms with van der Waals surface area (Å²) in [6.45, 7) is 2.31. The van der Waals surface area contributed by atoms with Crippen molar-refractivity contribution in [2.45, 2.75) is 13.3 Å². The Morgan fingerprint density at radius 2 is 2.05 bits per heavy atom. The van der Waals surface area contributed by atoms with E-state index in [0.29, 0.717) is 16.7 Å². The third-order valence-electron chi connectivity index (χ3n) is 2.30. The molecule has 4 nitrogen and oxygen atoms in total. The van der Waals surface area contributed by atoms with E-state index in [2.05, 4.69) is 5.32 Å². The molecule has 20 heavy (non-hydrogen) atoms. The number of benzene rings is 1. The second-order valence-corrected chi connectivity index (χ2v) is 4.67. The van der Waals surface area contributed by atoms with Crippen LogP contribution in [0.3, 0.4) is 0 Å². The summed E-state index contributed by atoms with van der Waals surface area (Å²) >= 11 is 11.6.